The number of ether oxygens (including phenoxy) is 4. The topological polar surface area (TPSA) is 178 Å². The van der Waals surface area contributed by atoms with Crippen LogP contribution in [0, 0.1) is 0 Å². The molecule has 1 aliphatic rings. The monoisotopic (exact) mass is 975 g/mol. The van der Waals surface area contributed by atoms with Crippen LogP contribution in [0.4, 0.5) is 0 Å². The van der Waals surface area contributed by atoms with Crippen LogP contribution in [-0.4, -0.2) is 97.5 Å². The number of hydrogen-bond donors (Lipinski definition) is 4. The number of carbonyl (C=O) groups excluding carboxylic acids is 1. The molecule has 68 heavy (non-hydrogen) atoms. The molecule has 13 heteroatoms. The third-order valence-corrected chi connectivity index (χ3v) is 11.4. The Morgan fingerprint density at radius 3 is 1.41 bits per heavy atom. The van der Waals surface area contributed by atoms with Crippen molar-refractivity contribution >= 4 is 16.4 Å². The first-order valence-electron chi connectivity index (χ1n) is 25.6. The molecule has 1 heterocycles. The largest absolute Gasteiger partial charge is 0.457 e. The van der Waals surface area contributed by atoms with Gasteiger partial charge in [0.05, 0.1) is 19.8 Å². The second-order valence-electron chi connectivity index (χ2n) is 17.0. The number of esters is 1. The fourth-order valence-corrected chi connectivity index (χ4v) is 7.61. The van der Waals surface area contributed by atoms with Gasteiger partial charge in [-0.25, -0.2) is 4.18 Å². The average Bonchev–Trinajstić information content (AvgIpc) is 3.31. The summed E-state index contributed by atoms with van der Waals surface area (Å²) in [5.74, 6) is -0.424. The fourth-order valence-electron chi connectivity index (χ4n) is 7.10. The molecule has 0 aromatic rings. The molecule has 12 nitrogen and oxygen atoms in total. The molecule has 0 aromatic carbocycles. The molecule has 0 bridgehead atoms. The molecule has 1 rings (SSSR count). The second-order valence-corrected chi connectivity index (χ2v) is 18.0. The zero-order valence-corrected chi connectivity index (χ0v) is 42.4. The highest BCUT2D eigenvalue weighted by Gasteiger charge is 2.48. The van der Waals surface area contributed by atoms with Gasteiger partial charge in [-0.1, -0.05) is 175 Å². The first-order valence-corrected chi connectivity index (χ1v) is 27.0. The summed E-state index contributed by atoms with van der Waals surface area (Å²) in [5, 5.41) is 30.8. The van der Waals surface area contributed by atoms with Gasteiger partial charge in [0.15, 0.2) is 6.29 Å². The predicted octanol–water partition coefficient (Wildman–Crippen LogP) is 12.0. The van der Waals surface area contributed by atoms with Crippen molar-refractivity contribution in [3.63, 3.8) is 0 Å². The number of rotatable bonds is 43. The van der Waals surface area contributed by atoms with Gasteiger partial charge in [0.2, 0.25) is 0 Å². The van der Waals surface area contributed by atoms with Crippen LogP contribution < -0.4 is 0 Å². The molecule has 4 N–H and O–H groups in total. The SMILES string of the molecule is CC/C=C\C/C=C\C/C=C\C/C=C\C/C=C\CCCCOCC(COC1OC(CO)C(O)C(OS(=O)(=O)O)C1O)OC(=O)CCCCCCCCCCCC/C=C\C/C=C\C/C=C\C/C=C\CC. The van der Waals surface area contributed by atoms with E-state index in [0.29, 0.717) is 13.0 Å². The average molecular weight is 975 g/mol. The van der Waals surface area contributed by atoms with Gasteiger partial charge in [-0.2, -0.15) is 8.42 Å². The van der Waals surface area contributed by atoms with Gasteiger partial charge in [-0.05, 0) is 96.3 Å². The van der Waals surface area contributed by atoms with Crippen molar-refractivity contribution in [2.24, 2.45) is 0 Å². The number of carbonyl (C=O) groups is 1. The minimum Gasteiger partial charge on any atom is -0.457 e. The molecule has 388 valence electrons. The van der Waals surface area contributed by atoms with E-state index in [1.54, 1.807) is 0 Å². The van der Waals surface area contributed by atoms with E-state index in [1.165, 1.54) is 38.5 Å². The molecule has 0 aromatic heterocycles. The summed E-state index contributed by atoms with van der Waals surface area (Å²) in [6.07, 6.45) is 54.1. The lowest BCUT2D eigenvalue weighted by molar-refractivity contribution is -0.301. The van der Waals surface area contributed by atoms with Gasteiger partial charge in [0.25, 0.3) is 0 Å². The van der Waals surface area contributed by atoms with Gasteiger partial charge in [-0.15, -0.1) is 0 Å². The fraction of sp³-hybridized carbons (Fsp3) is 0.655. The first kappa shape index (κ1) is 62.8. The van der Waals surface area contributed by atoms with E-state index < -0.39 is 59.8 Å². The summed E-state index contributed by atoms with van der Waals surface area (Å²) < 4.78 is 59.2. The quantitative estimate of drug-likeness (QED) is 0.0197. The third-order valence-electron chi connectivity index (χ3n) is 10.9. The number of aliphatic hydroxyl groups is 3. The number of aliphatic hydroxyl groups excluding tert-OH is 3. The molecule has 6 atom stereocenters. The Morgan fingerprint density at radius 1 is 0.559 bits per heavy atom. The van der Waals surface area contributed by atoms with Crippen LogP contribution in [0.5, 0.6) is 0 Å². The highest BCUT2D eigenvalue weighted by Crippen LogP contribution is 2.26. The van der Waals surface area contributed by atoms with Crippen molar-refractivity contribution in [2.75, 3.05) is 26.4 Å². The van der Waals surface area contributed by atoms with Crippen LogP contribution in [0.25, 0.3) is 0 Å². The molecule has 0 saturated carbocycles. The lowest BCUT2D eigenvalue weighted by Crippen LogP contribution is -2.60. The predicted molar refractivity (Wildman–Crippen MR) is 275 cm³/mol. The Hall–Kier alpha value is -3.24. The number of hydrogen-bond acceptors (Lipinski definition) is 11. The zero-order chi connectivity index (χ0) is 49.6. The minimum atomic E-state index is -5.08. The van der Waals surface area contributed by atoms with E-state index in [2.05, 4.69) is 127 Å². The Kier molecular flexibility index (Phi) is 41.5. The summed E-state index contributed by atoms with van der Waals surface area (Å²) in [5.41, 5.74) is 0. The zero-order valence-electron chi connectivity index (χ0n) is 41.6. The Morgan fingerprint density at radius 2 is 0.971 bits per heavy atom. The summed E-state index contributed by atoms with van der Waals surface area (Å²) >= 11 is 0. The Bertz CT molecular complexity index is 1590. The lowest BCUT2D eigenvalue weighted by atomic mass is 9.99. The van der Waals surface area contributed by atoms with Crippen molar-refractivity contribution in [3.05, 3.63) is 109 Å². The number of unbranched alkanes of at least 4 members (excludes halogenated alkanes) is 12. The smallest absolute Gasteiger partial charge is 0.397 e. The lowest BCUT2D eigenvalue weighted by Gasteiger charge is -2.41. The van der Waals surface area contributed by atoms with Crippen molar-refractivity contribution in [2.45, 2.75) is 205 Å². The van der Waals surface area contributed by atoms with E-state index in [1.807, 2.05) is 0 Å². The second kappa shape index (κ2) is 44.9. The molecule has 6 unspecified atom stereocenters. The maximum absolute atomic E-state index is 12.9. The van der Waals surface area contributed by atoms with Crippen LogP contribution in [0.15, 0.2) is 109 Å². The van der Waals surface area contributed by atoms with Gasteiger partial charge >= 0.3 is 16.4 Å². The molecular formula is C55H90O12S. The normalized spacial score (nSPS) is 20.2. The maximum atomic E-state index is 12.9. The van der Waals surface area contributed by atoms with Crippen molar-refractivity contribution in [3.8, 4) is 0 Å². The summed E-state index contributed by atoms with van der Waals surface area (Å²) in [4.78, 5) is 12.9. The highest BCUT2D eigenvalue weighted by atomic mass is 32.3. The standard InChI is InChI=1S/C55H90O12S/c1-3-5-7-9-11-13-15-17-19-21-23-24-25-26-27-28-30-32-34-36-38-40-42-44-51(57)65-49(48-64-55-53(59)54(67-68(60,61)62)52(58)50(46-56)66-55)47-63-45-43-41-39-37-35-33-31-29-22-20-18-16-14-12-10-8-6-4-2/h5-8,11-14,17-20,23-24,29,31,35,37,49-50,52-56,58-59H,3-4,9-10,15-16,21-22,25-28,30,32-34,36,38-48H2,1-2H3,(H,60,61,62)/b7-5-,8-6-,13-11-,14-12-,19-17-,20-18-,24-23-,31-29-,37-35-. The molecular weight excluding hydrogens is 885 g/mol. The molecule has 0 radical (unpaired) electrons. The van der Waals surface area contributed by atoms with Crippen LogP contribution in [0.1, 0.15) is 168 Å². The molecule has 0 amide bonds. The van der Waals surface area contributed by atoms with Gasteiger partial charge in [0.1, 0.15) is 30.5 Å². The van der Waals surface area contributed by atoms with Crippen LogP contribution in [0.3, 0.4) is 0 Å². The van der Waals surface area contributed by atoms with Gasteiger partial charge in [0, 0.05) is 13.0 Å². The third kappa shape index (κ3) is 37.6. The Balaban J connectivity index is 2.40. The van der Waals surface area contributed by atoms with E-state index in [-0.39, 0.29) is 19.6 Å². The summed E-state index contributed by atoms with van der Waals surface area (Å²) in [7, 11) is -5.08. The molecule has 0 aliphatic carbocycles. The molecule has 1 aliphatic heterocycles. The van der Waals surface area contributed by atoms with Gasteiger partial charge < -0.3 is 34.3 Å². The molecule has 0 spiro atoms. The number of allylic oxidation sites excluding steroid dienone is 18. The van der Waals surface area contributed by atoms with Crippen LogP contribution >= 0.6 is 0 Å². The van der Waals surface area contributed by atoms with Crippen molar-refractivity contribution in [1.29, 1.82) is 0 Å². The first-order chi connectivity index (χ1) is 33.1. The van der Waals surface area contributed by atoms with Crippen molar-refractivity contribution < 1.29 is 56.2 Å². The van der Waals surface area contributed by atoms with Crippen LogP contribution in [0.2, 0.25) is 0 Å². The minimum absolute atomic E-state index is 0.00232. The highest BCUT2D eigenvalue weighted by molar-refractivity contribution is 7.80. The van der Waals surface area contributed by atoms with E-state index >= 15 is 0 Å². The summed E-state index contributed by atoms with van der Waals surface area (Å²) in [6, 6.07) is 0. The summed E-state index contributed by atoms with van der Waals surface area (Å²) in [6.45, 7) is 3.64. The Labute approximate surface area is 411 Å². The van der Waals surface area contributed by atoms with E-state index in [4.69, 9.17) is 18.9 Å². The van der Waals surface area contributed by atoms with Crippen molar-refractivity contribution in [1.82, 2.24) is 0 Å². The van der Waals surface area contributed by atoms with Gasteiger partial charge in [-0.3, -0.25) is 9.35 Å². The maximum Gasteiger partial charge on any atom is 0.397 e. The molecule has 1 fully saturated rings. The van der Waals surface area contributed by atoms with E-state index in [0.717, 1.165) is 103 Å². The van der Waals surface area contributed by atoms with Crippen LogP contribution in [-0.2, 0) is 38.3 Å². The molecule has 1 saturated heterocycles. The van der Waals surface area contributed by atoms with E-state index in [9.17, 15) is 33.1 Å².